The number of urea groups is 1. The fourth-order valence-corrected chi connectivity index (χ4v) is 2.39. The van der Waals surface area contributed by atoms with Crippen LogP contribution in [0.4, 0.5) is 4.79 Å². The first kappa shape index (κ1) is 16.3. The minimum Gasteiger partial charge on any atom is -0.349 e. The summed E-state index contributed by atoms with van der Waals surface area (Å²) in [4.78, 5) is 29.9. The third-order valence-corrected chi connectivity index (χ3v) is 3.52. The van der Waals surface area contributed by atoms with Crippen LogP contribution in [0.5, 0.6) is 0 Å². The van der Waals surface area contributed by atoms with Crippen LogP contribution in [-0.2, 0) is 0 Å². The smallest absolute Gasteiger partial charge is 0.317 e. The van der Waals surface area contributed by atoms with Gasteiger partial charge in [-0.25, -0.2) is 4.79 Å². The average Bonchev–Trinajstić information content (AvgIpc) is 2.47. The molecule has 0 spiro atoms. The van der Waals surface area contributed by atoms with Gasteiger partial charge in [-0.2, -0.15) is 0 Å². The predicted molar refractivity (Wildman–Crippen MR) is 84.6 cm³/mol. The summed E-state index contributed by atoms with van der Waals surface area (Å²) in [5.74, 6) is -0.106. The first-order chi connectivity index (χ1) is 10.3. The molecule has 0 unspecified atom stereocenters. The summed E-state index contributed by atoms with van der Waals surface area (Å²) in [5.41, 5.74) is 0.332. The number of hydrogen-bond donors (Lipinski definition) is 2. The van der Waals surface area contributed by atoms with E-state index in [1.165, 1.54) is 0 Å². The van der Waals surface area contributed by atoms with Crippen LogP contribution in [0.25, 0.3) is 0 Å². The molecule has 0 saturated carbocycles. The van der Waals surface area contributed by atoms with Crippen molar-refractivity contribution in [1.29, 1.82) is 0 Å². The van der Waals surface area contributed by atoms with Crippen LogP contribution in [0, 0.1) is 0 Å². The van der Waals surface area contributed by atoms with E-state index in [1.807, 2.05) is 20.8 Å². The maximum absolute atomic E-state index is 12.1. The van der Waals surface area contributed by atoms with E-state index in [9.17, 15) is 9.59 Å². The van der Waals surface area contributed by atoms with E-state index >= 15 is 0 Å². The SMILES string of the molecule is CC(C)(C)NC(=O)N1CCC(NC(=O)c2cccnc2)CC1. The molecule has 0 aliphatic carbocycles. The standard InChI is InChI=1S/C16H24N4O2/c1-16(2,3)19-15(22)20-9-6-13(7-10-20)18-14(21)12-5-4-8-17-11-12/h4-5,8,11,13H,6-7,9-10H2,1-3H3,(H,18,21)(H,19,22). The second kappa shape index (κ2) is 6.77. The lowest BCUT2D eigenvalue weighted by atomic mass is 10.0. The molecular weight excluding hydrogens is 280 g/mol. The van der Waals surface area contributed by atoms with Crippen LogP contribution in [0.2, 0.25) is 0 Å². The van der Waals surface area contributed by atoms with Crippen LogP contribution in [-0.4, -0.2) is 46.5 Å². The van der Waals surface area contributed by atoms with Crippen molar-refractivity contribution in [2.45, 2.75) is 45.2 Å². The number of nitrogens with zero attached hydrogens (tertiary/aromatic N) is 2. The van der Waals surface area contributed by atoms with Crippen LogP contribution >= 0.6 is 0 Å². The Kier molecular flexibility index (Phi) is 5.00. The predicted octanol–water partition coefficient (Wildman–Crippen LogP) is 1.78. The zero-order chi connectivity index (χ0) is 16.2. The molecule has 6 nitrogen and oxygen atoms in total. The fraction of sp³-hybridized carbons (Fsp3) is 0.562. The second-order valence-corrected chi connectivity index (χ2v) is 6.66. The highest BCUT2D eigenvalue weighted by Gasteiger charge is 2.26. The molecule has 2 rings (SSSR count). The average molecular weight is 304 g/mol. The van der Waals surface area contributed by atoms with E-state index in [1.54, 1.807) is 29.4 Å². The summed E-state index contributed by atoms with van der Waals surface area (Å²) >= 11 is 0. The van der Waals surface area contributed by atoms with E-state index in [2.05, 4.69) is 15.6 Å². The third kappa shape index (κ3) is 4.72. The number of piperidine rings is 1. The fourth-order valence-electron chi connectivity index (χ4n) is 2.39. The summed E-state index contributed by atoms with van der Waals surface area (Å²) < 4.78 is 0. The molecule has 6 heteroatoms. The van der Waals surface area contributed by atoms with Gasteiger partial charge >= 0.3 is 6.03 Å². The van der Waals surface area contributed by atoms with Crippen molar-refractivity contribution < 1.29 is 9.59 Å². The number of carbonyl (C=O) groups excluding carboxylic acids is 2. The molecule has 0 bridgehead atoms. The highest BCUT2D eigenvalue weighted by Crippen LogP contribution is 2.12. The molecule has 1 aromatic heterocycles. The highest BCUT2D eigenvalue weighted by molar-refractivity contribution is 5.94. The Hall–Kier alpha value is -2.11. The van der Waals surface area contributed by atoms with Gasteiger partial charge in [0.05, 0.1) is 5.56 Å². The van der Waals surface area contributed by atoms with Gasteiger partial charge in [0.25, 0.3) is 5.91 Å². The summed E-state index contributed by atoms with van der Waals surface area (Å²) in [6, 6.07) is 3.55. The van der Waals surface area contributed by atoms with Gasteiger partial charge in [0.15, 0.2) is 0 Å². The van der Waals surface area contributed by atoms with Gasteiger partial charge in [0, 0.05) is 37.1 Å². The molecule has 1 aliphatic heterocycles. The number of nitrogens with one attached hydrogen (secondary N) is 2. The Balaban J connectivity index is 1.80. The van der Waals surface area contributed by atoms with E-state index < -0.39 is 0 Å². The van der Waals surface area contributed by atoms with Crippen LogP contribution in [0.3, 0.4) is 0 Å². The minimum atomic E-state index is -0.234. The maximum atomic E-state index is 12.1. The van der Waals surface area contributed by atoms with E-state index in [0.717, 1.165) is 12.8 Å². The minimum absolute atomic E-state index is 0.0375. The Morgan fingerprint density at radius 2 is 1.95 bits per heavy atom. The third-order valence-electron chi connectivity index (χ3n) is 3.52. The Morgan fingerprint density at radius 3 is 2.50 bits per heavy atom. The molecule has 1 aromatic rings. The quantitative estimate of drug-likeness (QED) is 0.874. The van der Waals surface area contributed by atoms with Crippen molar-refractivity contribution in [3.63, 3.8) is 0 Å². The molecule has 1 fully saturated rings. The summed E-state index contributed by atoms with van der Waals surface area (Å²) in [5, 5.41) is 5.97. The lowest BCUT2D eigenvalue weighted by Crippen LogP contribution is -2.53. The summed E-state index contributed by atoms with van der Waals surface area (Å²) in [6.07, 6.45) is 4.73. The van der Waals surface area contributed by atoms with Crippen molar-refractivity contribution in [3.8, 4) is 0 Å². The number of amides is 3. The first-order valence-corrected chi connectivity index (χ1v) is 7.63. The molecule has 0 atom stereocenters. The van der Waals surface area contributed by atoms with Crippen LogP contribution < -0.4 is 10.6 Å². The lowest BCUT2D eigenvalue weighted by Gasteiger charge is -2.34. The summed E-state index contributed by atoms with van der Waals surface area (Å²) in [6.45, 7) is 7.20. The van der Waals surface area contributed by atoms with E-state index in [-0.39, 0.29) is 23.5 Å². The molecule has 0 aromatic carbocycles. The van der Waals surface area contributed by atoms with Crippen molar-refractivity contribution >= 4 is 11.9 Å². The van der Waals surface area contributed by atoms with Gasteiger partial charge in [-0.3, -0.25) is 9.78 Å². The number of likely N-dealkylation sites (tertiary alicyclic amines) is 1. The van der Waals surface area contributed by atoms with Gasteiger partial charge in [0.1, 0.15) is 0 Å². The molecule has 2 N–H and O–H groups in total. The van der Waals surface area contributed by atoms with Gasteiger partial charge in [0.2, 0.25) is 0 Å². The van der Waals surface area contributed by atoms with Gasteiger partial charge in [-0.05, 0) is 45.7 Å². The zero-order valence-electron chi connectivity index (χ0n) is 13.4. The number of aromatic nitrogens is 1. The Bertz CT molecular complexity index is 517. The van der Waals surface area contributed by atoms with Crippen molar-refractivity contribution in [1.82, 2.24) is 20.5 Å². The second-order valence-electron chi connectivity index (χ2n) is 6.66. The maximum Gasteiger partial charge on any atom is 0.317 e. The van der Waals surface area contributed by atoms with Crippen molar-refractivity contribution in [2.24, 2.45) is 0 Å². The molecule has 1 saturated heterocycles. The van der Waals surface area contributed by atoms with E-state index in [0.29, 0.717) is 18.7 Å². The van der Waals surface area contributed by atoms with Gasteiger partial charge < -0.3 is 15.5 Å². The molecule has 0 radical (unpaired) electrons. The monoisotopic (exact) mass is 304 g/mol. The Morgan fingerprint density at radius 1 is 1.27 bits per heavy atom. The van der Waals surface area contributed by atoms with Gasteiger partial charge in [-0.15, -0.1) is 0 Å². The van der Waals surface area contributed by atoms with Crippen molar-refractivity contribution in [2.75, 3.05) is 13.1 Å². The zero-order valence-corrected chi connectivity index (χ0v) is 13.4. The van der Waals surface area contributed by atoms with Crippen molar-refractivity contribution in [3.05, 3.63) is 30.1 Å². The molecule has 3 amide bonds. The molecule has 1 aliphatic rings. The normalized spacial score (nSPS) is 16.2. The van der Waals surface area contributed by atoms with Crippen LogP contribution in [0.1, 0.15) is 44.0 Å². The largest absolute Gasteiger partial charge is 0.349 e. The molecule has 2 heterocycles. The lowest BCUT2D eigenvalue weighted by molar-refractivity contribution is 0.0917. The summed E-state index contributed by atoms with van der Waals surface area (Å²) in [7, 11) is 0. The van der Waals surface area contributed by atoms with Gasteiger partial charge in [-0.1, -0.05) is 0 Å². The van der Waals surface area contributed by atoms with E-state index in [4.69, 9.17) is 0 Å². The number of hydrogen-bond acceptors (Lipinski definition) is 3. The van der Waals surface area contributed by atoms with Crippen LogP contribution in [0.15, 0.2) is 24.5 Å². The molecule has 120 valence electrons. The number of carbonyl (C=O) groups is 2. The number of pyridine rings is 1. The number of rotatable bonds is 2. The Labute approximate surface area is 131 Å². The first-order valence-electron chi connectivity index (χ1n) is 7.63. The highest BCUT2D eigenvalue weighted by atomic mass is 16.2. The molecular formula is C16H24N4O2. The topological polar surface area (TPSA) is 74.3 Å². The molecule has 22 heavy (non-hydrogen) atoms.